The average molecular weight is 371 g/mol. The molecule has 1 heterocycles. The quantitative estimate of drug-likeness (QED) is 0.669. The molecule has 140 valence electrons. The summed E-state index contributed by atoms with van der Waals surface area (Å²) in [4.78, 5) is 2.23. The maximum atomic E-state index is 13.3. The Bertz CT molecular complexity index is 707. The summed E-state index contributed by atoms with van der Waals surface area (Å²) < 4.78 is 69.5. The molecule has 0 amide bonds. The van der Waals surface area contributed by atoms with Gasteiger partial charge in [-0.2, -0.15) is 22.0 Å². The predicted octanol–water partition coefficient (Wildman–Crippen LogP) is 5.39. The fraction of sp³-hybridized carbons (Fsp3) is 0.368. The minimum atomic E-state index is -5.61. The number of ether oxygens (including phenoxy) is 1. The maximum absolute atomic E-state index is 13.3. The molecule has 0 bridgehead atoms. The van der Waals surface area contributed by atoms with Crippen molar-refractivity contribution in [2.45, 2.75) is 31.0 Å². The van der Waals surface area contributed by atoms with Crippen molar-refractivity contribution in [3.8, 4) is 5.75 Å². The van der Waals surface area contributed by atoms with Crippen LogP contribution in [0, 0.1) is 0 Å². The van der Waals surface area contributed by atoms with Crippen LogP contribution >= 0.6 is 0 Å². The van der Waals surface area contributed by atoms with Gasteiger partial charge in [0.25, 0.3) is 0 Å². The number of hydrogen-bond donors (Lipinski definition) is 0. The number of rotatable bonds is 4. The van der Waals surface area contributed by atoms with Crippen LogP contribution in [0.15, 0.2) is 54.6 Å². The summed E-state index contributed by atoms with van der Waals surface area (Å²) in [5, 5.41) is 0. The lowest BCUT2D eigenvalue weighted by molar-refractivity contribution is -0.289. The zero-order valence-electron chi connectivity index (χ0n) is 13.8. The van der Waals surface area contributed by atoms with Gasteiger partial charge in [-0.1, -0.05) is 18.2 Å². The van der Waals surface area contributed by atoms with Gasteiger partial charge in [0.2, 0.25) is 0 Å². The molecule has 3 rings (SSSR count). The van der Waals surface area contributed by atoms with Crippen molar-refractivity contribution < 1.29 is 26.7 Å². The van der Waals surface area contributed by atoms with E-state index in [1.54, 1.807) is 0 Å². The van der Waals surface area contributed by atoms with E-state index in [0.29, 0.717) is 5.75 Å². The van der Waals surface area contributed by atoms with Crippen molar-refractivity contribution in [1.82, 2.24) is 0 Å². The zero-order valence-corrected chi connectivity index (χ0v) is 13.8. The monoisotopic (exact) mass is 371 g/mol. The zero-order chi connectivity index (χ0) is 18.8. The number of alkyl halides is 5. The summed E-state index contributed by atoms with van der Waals surface area (Å²) in [7, 11) is 0. The summed E-state index contributed by atoms with van der Waals surface area (Å²) in [6.07, 6.45) is -4.21. The fourth-order valence-electron chi connectivity index (χ4n) is 2.97. The summed E-state index contributed by atoms with van der Waals surface area (Å²) in [5.41, 5.74) is 0.0425. The van der Waals surface area contributed by atoms with Gasteiger partial charge in [0, 0.05) is 37.2 Å². The number of nitrogens with zero attached hydrogens (tertiary/aromatic N) is 1. The molecule has 2 aromatic carbocycles. The van der Waals surface area contributed by atoms with E-state index in [1.807, 2.05) is 30.3 Å². The Hall–Kier alpha value is -2.31. The van der Waals surface area contributed by atoms with Gasteiger partial charge in [-0.15, -0.1) is 0 Å². The van der Waals surface area contributed by atoms with Crippen LogP contribution in [0.1, 0.15) is 18.4 Å². The number of anilines is 1. The van der Waals surface area contributed by atoms with Crippen molar-refractivity contribution in [1.29, 1.82) is 0 Å². The van der Waals surface area contributed by atoms with E-state index in [0.717, 1.165) is 43.8 Å². The van der Waals surface area contributed by atoms with Crippen LogP contribution in [-0.2, 0) is 5.92 Å². The van der Waals surface area contributed by atoms with E-state index in [4.69, 9.17) is 4.74 Å². The second-order valence-corrected chi connectivity index (χ2v) is 6.24. The topological polar surface area (TPSA) is 12.5 Å². The third-order valence-corrected chi connectivity index (χ3v) is 4.44. The third kappa shape index (κ3) is 3.92. The van der Waals surface area contributed by atoms with E-state index >= 15 is 0 Å². The van der Waals surface area contributed by atoms with Gasteiger partial charge < -0.3 is 9.64 Å². The lowest BCUT2D eigenvalue weighted by Gasteiger charge is -2.33. The van der Waals surface area contributed by atoms with E-state index in [2.05, 4.69) is 4.90 Å². The summed E-state index contributed by atoms with van der Waals surface area (Å²) in [6, 6.07) is 13.8. The van der Waals surface area contributed by atoms with E-state index in [9.17, 15) is 22.0 Å². The Morgan fingerprint density at radius 2 is 1.38 bits per heavy atom. The van der Waals surface area contributed by atoms with Crippen molar-refractivity contribution in [2.75, 3.05) is 18.0 Å². The van der Waals surface area contributed by atoms with E-state index in [1.165, 1.54) is 12.1 Å². The molecule has 0 aliphatic carbocycles. The van der Waals surface area contributed by atoms with Crippen molar-refractivity contribution in [3.63, 3.8) is 0 Å². The molecule has 1 aliphatic heterocycles. The highest BCUT2D eigenvalue weighted by atomic mass is 19.4. The molecule has 0 spiro atoms. The summed E-state index contributed by atoms with van der Waals surface area (Å²) >= 11 is 0. The Labute approximate surface area is 148 Å². The van der Waals surface area contributed by atoms with Crippen molar-refractivity contribution in [2.24, 2.45) is 0 Å². The molecule has 1 aliphatic rings. The van der Waals surface area contributed by atoms with Crippen LogP contribution in [0.2, 0.25) is 0 Å². The lowest BCUT2D eigenvalue weighted by Crippen LogP contribution is -2.38. The number of halogens is 5. The Balaban J connectivity index is 1.57. The molecule has 0 saturated carbocycles. The van der Waals surface area contributed by atoms with Gasteiger partial charge >= 0.3 is 12.1 Å². The van der Waals surface area contributed by atoms with Crippen LogP contribution in [0.4, 0.5) is 27.6 Å². The van der Waals surface area contributed by atoms with Crippen LogP contribution in [0.25, 0.3) is 0 Å². The molecule has 0 aromatic heterocycles. The molecule has 2 nitrogen and oxygen atoms in total. The van der Waals surface area contributed by atoms with Crippen LogP contribution in [0.3, 0.4) is 0 Å². The molecule has 0 unspecified atom stereocenters. The molecule has 0 N–H and O–H groups in total. The number of para-hydroxylation sites is 1. The molecule has 1 saturated heterocycles. The SMILES string of the molecule is FC(F)(F)C(F)(F)c1ccc(OC2CCN(c3ccccc3)CC2)cc1. The molecular formula is C19H18F5NO. The fourth-order valence-corrected chi connectivity index (χ4v) is 2.97. The van der Waals surface area contributed by atoms with Crippen molar-refractivity contribution in [3.05, 3.63) is 60.2 Å². The minimum absolute atomic E-state index is 0.0936. The van der Waals surface area contributed by atoms with Gasteiger partial charge in [-0.3, -0.25) is 0 Å². The van der Waals surface area contributed by atoms with Crippen LogP contribution < -0.4 is 9.64 Å². The second kappa shape index (κ2) is 7.13. The highest BCUT2D eigenvalue weighted by molar-refractivity contribution is 5.46. The van der Waals surface area contributed by atoms with E-state index in [-0.39, 0.29) is 6.10 Å². The van der Waals surface area contributed by atoms with Gasteiger partial charge in [0.05, 0.1) is 0 Å². The van der Waals surface area contributed by atoms with Gasteiger partial charge in [0.15, 0.2) is 0 Å². The summed E-state index contributed by atoms with van der Waals surface area (Å²) in [5.74, 6) is -4.57. The number of benzene rings is 2. The predicted molar refractivity (Wildman–Crippen MR) is 88.7 cm³/mol. The van der Waals surface area contributed by atoms with Gasteiger partial charge in [-0.25, -0.2) is 0 Å². The molecule has 0 atom stereocenters. The number of piperidine rings is 1. The standard InChI is InChI=1S/C19H18F5NO/c20-18(21,19(22,23)24)14-6-8-16(9-7-14)26-17-10-12-25(13-11-17)15-4-2-1-3-5-15/h1-9,17H,10-13H2. The first-order valence-corrected chi connectivity index (χ1v) is 8.29. The molecule has 2 aromatic rings. The normalized spacial score (nSPS) is 16.6. The molecule has 0 radical (unpaired) electrons. The largest absolute Gasteiger partial charge is 0.490 e. The van der Waals surface area contributed by atoms with Gasteiger partial charge in [0.1, 0.15) is 11.9 Å². The molecule has 7 heteroatoms. The van der Waals surface area contributed by atoms with Crippen LogP contribution in [0.5, 0.6) is 5.75 Å². The molecule has 26 heavy (non-hydrogen) atoms. The smallest absolute Gasteiger partial charge is 0.458 e. The lowest BCUT2D eigenvalue weighted by atomic mass is 10.1. The first-order chi connectivity index (χ1) is 12.3. The second-order valence-electron chi connectivity index (χ2n) is 6.24. The third-order valence-electron chi connectivity index (χ3n) is 4.44. The molecular weight excluding hydrogens is 353 g/mol. The Morgan fingerprint density at radius 1 is 0.808 bits per heavy atom. The summed E-state index contributed by atoms with van der Waals surface area (Å²) in [6.45, 7) is 1.58. The average Bonchev–Trinajstić information content (AvgIpc) is 2.63. The van der Waals surface area contributed by atoms with E-state index < -0.39 is 17.7 Å². The first-order valence-electron chi connectivity index (χ1n) is 8.29. The van der Waals surface area contributed by atoms with Gasteiger partial charge in [-0.05, 0) is 36.4 Å². The molecule has 1 fully saturated rings. The Kier molecular flexibility index (Phi) is 5.07. The highest BCUT2D eigenvalue weighted by Gasteiger charge is 2.58. The van der Waals surface area contributed by atoms with Crippen LogP contribution in [-0.4, -0.2) is 25.4 Å². The highest BCUT2D eigenvalue weighted by Crippen LogP contribution is 2.44. The first kappa shape index (κ1) is 18.5. The Morgan fingerprint density at radius 3 is 1.92 bits per heavy atom. The number of hydrogen-bond acceptors (Lipinski definition) is 2. The van der Waals surface area contributed by atoms with Crippen molar-refractivity contribution >= 4 is 5.69 Å². The maximum Gasteiger partial charge on any atom is 0.458 e. The minimum Gasteiger partial charge on any atom is -0.490 e.